The van der Waals surface area contributed by atoms with Crippen LogP contribution in [0.1, 0.15) is 37.6 Å². The molecular formula is C10H14N2S. The van der Waals surface area contributed by atoms with E-state index in [1.54, 1.807) is 11.5 Å². The molecule has 0 fully saturated rings. The number of imidazole rings is 1. The molecule has 2 nitrogen and oxygen atoms in total. The normalized spacial score (nSPS) is 13.8. The van der Waals surface area contributed by atoms with Crippen molar-refractivity contribution >= 4 is 17.2 Å². The summed E-state index contributed by atoms with van der Waals surface area (Å²) in [5.74, 6) is 0.605. The third-order valence-electron chi connectivity index (χ3n) is 2.54. The van der Waals surface area contributed by atoms with Crippen LogP contribution in [0.25, 0.3) is 5.65 Å². The zero-order valence-electron chi connectivity index (χ0n) is 8.24. The predicted octanol–water partition coefficient (Wildman–Crippen LogP) is 3.22. The van der Waals surface area contributed by atoms with Gasteiger partial charge in [-0.25, -0.2) is 4.98 Å². The van der Waals surface area contributed by atoms with E-state index >= 15 is 0 Å². The van der Waals surface area contributed by atoms with Gasteiger partial charge in [0.15, 0.2) is 0 Å². The molecule has 13 heavy (non-hydrogen) atoms. The smallest absolute Gasteiger partial charge is 0.147 e. The maximum Gasteiger partial charge on any atom is 0.147 e. The van der Waals surface area contributed by atoms with Gasteiger partial charge >= 0.3 is 0 Å². The maximum atomic E-state index is 4.52. The lowest BCUT2D eigenvalue weighted by Crippen LogP contribution is -1.96. The fourth-order valence-electron chi connectivity index (χ4n) is 1.66. The van der Waals surface area contributed by atoms with E-state index < -0.39 is 0 Å². The van der Waals surface area contributed by atoms with E-state index in [9.17, 15) is 0 Å². The molecule has 0 radical (unpaired) electrons. The van der Waals surface area contributed by atoms with E-state index in [4.69, 9.17) is 0 Å². The highest BCUT2D eigenvalue weighted by molar-refractivity contribution is 7.04. The van der Waals surface area contributed by atoms with E-state index in [2.05, 4.69) is 41.0 Å². The number of hydrogen-bond donors (Lipinski definition) is 0. The van der Waals surface area contributed by atoms with Crippen molar-refractivity contribution in [2.45, 2.75) is 33.1 Å². The van der Waals surface area contributed by atoms with Crippen LogP contribution < -0.4 is 0 Å². The summed E-state index contributed by atoms with van der Waals surface area (Å²) in [6.45, 7) is 6.58. The van der Waals surface area contributed by atoms with Crippen LogP contribution in [0.5, 0.6) is 0 Å². The summed E-state index contributed by atoms with van der Waals surface area (Å²) in [5.41, 5.74) is 3.66. The van der Waals surface area contributed by atoms with Crippen LogP contribution in [-0.4, -0.2) is 8.77 Å². The molecule has 0 amide bonds. The molecule has 2 aromatic rings. The lowest BCUT2D eigenvalue weighted by atomic mass is 10.0. The molecule has 0 aliphatic carbocycles. The Balaban J connectivity index is 2.63. The van der Waals surface area contributed by atoms with Gasteiger partial charge < -0.3 is 0 Å². The van der Waals surface area contributed by atoms with Gasteiger partial charge in [0.05, 0.1) is 11.4 Å². The van der Waals surface area contributed by atoms with E-state index in [-0.39, 0.29) is 0 Å². The highest BCUT2D eigenvalue weighted by atomic mass is 32.1. The molecule has 0 saturated heterocycles. The Morgan fingerprint density at radius 1 is 1.62 bits per heavy atom. The van der Waals surface area contributed by atoms with Crippen LogP contribution in [0.15, 0.2) is 11.4 Å². The molecule has 1 unspecified atom stereocenters. The highest BCUT2D eigenvalue weighted by Crippen LogP contribution is 2.25. The van der Waals surface area contributed by atoms with Crippen molar-refractivity contribution in [1.82, 2.24) is 8.77 Å². The van der Waals surface area contributed by atoms with Crippen molar-refractivity contribution in [1.29, 1.82) is 0 Å². The second kappa shape index (κ2) is 3.14. The minimum atomic E-state index is 0.605. The van der Waals surface area contributed by atoms with Gasteiger partial charge in [0.2, 0.25) is 0 Å². The summed E-state index contributed by atoms with van der Waals surface area (Å²) in [4.78, 5) is 4.52. The lowest BCUT2D eigenvalue weighted by molar-refractivity contribution is 0.704. The van der Waals surface area contributed by atoms with Crippen molar-refractivity contribution in [3.8, 4) is 0 Å². The maximum absolute atomic E-state index is 4.52. The first-order chi connectivity index (χ1) is 6.24. The van der Waals surface area contributed by atoms with Gasteiger partial charge in [0, 0.05) is 5.38 Å². The molecule has 2 aromatic heterocycles. The molecule has 0 bridgehead atoms. The summed E-state index contributed by atoms with van der Waals surface area (Å²) in [7, 11) is 0. The minimum absolute atomic E-state index is 0.605. The molecule has 70 valence electrons. The molecule has 0 aliphatic rings. The van der Waals surface area contributed by atoms with Crippen molar-refractivity contribution in [2.24, 2.45) is 0 Å². The van der Waals surface area contributed by atoms with Crippen molar-refractivity contribution < 1.29 is 0 Å². The average molecular weight is 194 g/mol. The van der Waals surface area contributed by atoms with Gasteiger partial charge in [-0.3, -0.25) is 3.79 Å². The number of hydrogen-bond acceptors (Lipinski definition) is 2. The van der Waals surface area contributed by atoms with E-state index in [1.807, 2.05) is 0 Å². The van der Waals surface area contributed by atoms with E-state index in [0.29, 0.717) is 5.92 Å². The molecule has 0 saturated carbocycles. The standard InChI is InChI=1S/C10H14N2S/c1-4-7(2)10-8(3)11-9-5-6-13-12(9)10/h5-7H,4H2,1-3H3. The molecule has 0 N–H and O–H groups in total. The summed E-state index contributed by atoms with van der Waals surface area (Å²) < 4.78 is 2.24. The van der Waals surface area contributed by atoms with Crippen LogP contribution in [0.4, 0.5) is 0 Å². The average Bonchev–Trinajstić information content (AvgIpc) is 2.62. The van der Waals surface area contributed by atoms with Crippen molar-refractivity contribution in [3.05, 3.63) is 22.8 Å². The van der Waals surface area contributed by atoms with Crippen molar-refractivity contribution in [2.75, 3.05) is 0 Å². The third-order valence-corrected chi connectivity index (χ3v) is 3.39. The van der Waals surface area contributed by atoms with Gasteiger partial charge in [-0.05, 0) is 25.3 Å². The predicted molar refractivity (Wildman–Crippen MR) is 56.5 cm³/mol. The summed E-state index contributed by atoms with van der Waals surface area (Å²) in [6.07, 6.45) is 1.17. The second-order valence-electron chi connectivity index (χ2n) is 3.45. The third kappa shape index (κ3) is 1.27. The molecule has 0 aliphatic heterocycles. The minimum Gasteiger partial charge on any atom is -0.251 e. The number of nitrogens with zero attached hydrogens (tertiary/aromatic N) is 2. The second-order valence-corrected chi connectivity index (χ2v) is 4.30. The molecule has 0 spiro atoms. The van der Waals surface area contributed by atoms with Gasteiger partial charge in [0.25, 0.3) is 0 Å². The first-order valence-corrected chi connectivity index (χ1v) is 5.50. The van der Waals surface area contributed by atoms with E-state index in [0.717, 1.165) is 5.65 Å². The lowest BCUT2D eigenvalue weighted by Gasteiger charge is -2.07. The van der Waals surface area contributed by atoms with Gasteiger partial charge in [-0.15, -0.1) is 0 Å². The molecule has 0 aromatic carbocycles. The molecule has 1 atom stereocenters. The number of rotatable bonds is 2. The van der Waals surface area contributed by atoms with Crippen LogP contribution in [0.2, 0.25) is 0 Å². The van der Waals surface area contributed by atoms with Crippen LogP contribution >= 0.6 is 11.5 Å². The van der Waals surface area contributed by atoms with Gasteiger partial charge in [-0.1, -0.05) is 25.4 Å². The largest absolute Gasteiger partial charge is 0.251 e. The first kappa shape index (κ1) is 8.75. The topological polar surface area (TPSA) is 17.3 Å². The summed E-state index contributed by atoms with van der Waals surface area (Å²) in [6, 6.07) is 2.07. The zero-order chi connectivity index (χ0) is 9.42. The zero-order valence-corrected chi connectivity index (χ0v) is 9.06. The van der Waals surface area contributed by atoms with Crippen LogP contribution in [-0.2, 0) is 0 Å². The first-order valence-electron chi connectivity index (χ1n) is 4.67. The SMILES string of the molecule is CCC(C)c1c(C)nc2ccsn12. The van der Waals surface area contributed by atoms with E-state index in [1.165, 1.54) is 17.8 Å². The molecular weight excluding hydrogens is 180 g/mol. The molecule has 2 heterocycles. The Kier molecular flexibility index (Phi) is 2.12. The van der Waals surface area contributed by atoms with Gasteiger partial charge in [-0.2, -0.15) is 0 Å². The molecule has 2 rings (SSSR count). The Hall–Kier alpha value is -0.830. The highest BCUT2D eigenvalue weighted by Gasteiger charge is 2.14. The Morgan fingerprint density at radius 3 is 3.08 bits per heavy atom. The fraction of sp³-hybridized carbons (Fsp3) is 0.500. The van der Waals surface area contributed by atoms with Crippen LogP contribution in [0, 0.1) is 6.92 Å². The Bertz CT molecular complexity index is 413. The quantitative estimate of drug-likeness (QED) is 0.717. The molecule has 3 heteroatoms. The monoisotopic (exact) mass is 194 g/mol. The summed E-state index contributed by atoms with van der Waals surface area (Å²) in [5, 5.41) is 2.09. The van der Waals surface area contributed by atoms with Crippen molar-refractivity contribution in [3.63, 3.8) is 0 Å². The Morgan fingerprint density at radius 2 is 2.38 bits per heavy atom. The number of aryl methyl sites for hydroxylation is 1. The van der Waals surface area contributed by atoms with Gasteiger partial charge in [0.1, 0.15) is 5.65 Å². The van der Waals surface area contributed by atoms with Crippen LogP contribution in [0.3, 0.4) is 0 Å². The summed E-state index contributed by atoms with van der Waals surface area (Å²) >= 11 is 1.73. The number of aromatic nitrogens is 2. The fourth-order valence-corrected chi connectivity index (χ4v) is 2.60. The Labute approximate surface area is 82.4 Å². The number of fused-ring (bicyclic) bond motifs is 1.